The molecule has 0 unspecified atom stereocenters. The van der Waals surface area contributed by atoms with Crippen molar-refractivity contribution in [1.82, 2.24) is 0 Å². The van der Waals surface area contributed by atoms with Gasteiger partial charge in [-0.15, -0.1) is 0 Å². The summed E-state index contributed by atoms with van der Waals surface area (Å²) in [5.41, 5.74) is 0. The summed E-state index contributed by atoms with van der Waals surface area (Å²) in [4.78, 5) is 0. The van der Waals surface area contributed by atoms with Gasteiger partial charge in [-0.3, -0.25) is 0 Å². The fourth-order valence-electron chi connectivity index (χ4n) is 1.00. The van der Waals surface area contributed by atoms with E-state index in [4.69, 9.17) is 48.1 Å². The van der Waals surface area contributed by atoms with Crippen molar-refractivity contribution < 1.29 is 13.3 Å². The van der Waals surface area contributed by atoms with E-state index in [0.29, 0.717) is 19.8 Å². The van der Waals surface area contributed by atoms with Crippen molar-refractivity contribution in [2.75, 3.05) is 19.8 Å². The average Bonchev–Trinajstić information content (AvgIpc) is 2.17. The molecule has 0 heterocycles. The lowest BCUT2D eigenvalue weighted by atomic mass is 10.9. The third kappa shape index (κ3) is 4.61. The van der Waals surface area contributed by atoms with Gasteiger partial charge in [0.2, 0.25) is 0 Å². The van der Waals surface area contributed by atoms with E-state index in [9.17, 15) is 0 Å². The molecule has 0 N–H and O–H groups in total. The molecule has 0 spiro atoms. The highest BCUT2D eigenvalue weighted by atomic mass is 35.5. The Morgan fingerprint density at radius 1 is 0.867 bits per heavy atom. The van der Waals surface area contributed by atoms with E-state index in [-0.39, 0.29) is 9.15 Å². The van der Waals surface area contributed by atoms with Crippen LogP contribution < -0.4 is 0 Å². The molecule has 0 rings (SSSR count). The molecule has 90 valence electrons. The summed E-state index contributed by atoms with van der Waals surface area (Å²) in [5.74, 6) is 0. The molecular formula is C8H15Cl3O3Si. The first-order valence-electron chi connectivity index (χ1n) is 4.67. The lowest BCUT2D eigenvalue weighted by molar-refractivity contribution is 0.0829. The Labute approximate surface area is 107 Å². The molecular weight excluding hydrogens is 279 g/mol. The Bertz CT molecular complexity index is 202. The van der Waals surface area contributed by atoms with Crippen molar-refractivity contribution in [3.8, 4) is 0 Å². The molecule has 0 bridgehead atoms. The Balaban J connectivity index is 5.00. The first-order chi connectivity index (χ1) is 7.04. The predicted molar refractivity (Wildman–Crippen MR) is 65.2 cm³/mol. The Morgan fingerprint density at radius 2 is 1.20 bits per heavy atom. The molecule has 0 atom stereocenters. The van der Waals surface area contributed by atoms with Crippen molar-refractivity contribution >= 4 is 43.6 Å². The van der Waals surface area contributed by atoms with Crippen LogP contribution in [0, 0.1) is 0 Å². The monoisotopic (exact) mass is 292 g/mol. The van der Waals surface area contributed by atoms with Crippen LogP contribution in [-0.4, -0.2) is 28.6 Å². The summed E-state index contributed by atoms with van der Waals surface area (Å²) in [6, 6.07) is 0. The highest BCUT2D eigenvalue weighted by molar-refractivity contribution is 6.83. The van der Waals surface area contributed by atoms with Gasteiger partial charge in [0.05, 0.1) is 0 Å². The molecule has 0 saturated heterocycles. The first-order valence-corrected chi connectivity index (χ1v) is 7.53. The molecule has 0 aromatic carbocycles. The Morgan fingerprint density at radius 3 is 1.40 bits per heavy atom. The summed E-state index contributed by atoms with van der Waals surface area (Å²) in [6.45, 7) is 6.74. The quantitative estimate of drug-likeness (QED) is 0.673. The second kappa shape index (κ2) is 7.90. The van der Waals surface area contributed by atoms with Gasteiger partial charge in [0.15, 0.2) is 0 Å². The fraction of sp³-hybridized carbons (Fsp3) is 0.750. The van der Waals surface area contributed by atoms with Gasteiger partial charge in [0.25, 0.3) is 0 Å². The van der Waals surface area contributed by atoms with Crippen LogP contribution in [0.15, 0.2) is 9.15 Å². The summed E-state index contributed by atoms with van der Waals surface area (Å²) in [7, 11) is -3.08. The standard InChI is InChI=1S/C8H15Cl3O3Si/c1-4-12-15(13-5-2,14-6-3)8(11)7(9)10/h4-6H2,1-3H3. The summed E-state index contributed by atoms with van der Waals surface area (Å²) in [6.07, 6.45) is 0. The summed E-state index contributed by atoms with van der Waals surface area (Å²) < 4.78 is 16.5. The lowest BCUT2D eigenvalue weighted by Gasteiger charge is -2.27. The molecule has 0 radical (unpaired) electrons. The molecule has 0 aromatic rings. The van der Waals surface area contributed by atoms with E-state index in [1.165, 1.54) is 0 Å². The molecule has 0 aliphatic heterocycles. The van der Waals surface area contributed by atoms with E-state index in [2.05, 4.69) is 0 Å². The molecule has 0 aliphatic carbocycles. The second-order valence-corrected chi connectivity index (χ2v) is 6.55. The molecule has 0 aliphatic rings. The maximum Gasteiger partial charge on any atom is 0.551 e. The van der Waals surface area contributed by atoms with Crippen molar-refractivity contribution in [2.45, 2.75) is 20.8 Å². The zero-order chi connectivity index (χ0) is 11.9. The maximum atomic E-state index is 5.98. The van der Waals surface area contributed by atoms with Gasteiger partial charge < -0.3 is 13.3 Å². The van der Waals surface area contributed by atoms with E-state index in [1.54, 1.807) is 0 Å². The van der Waals surface area contributed by atoms with Crippen molar-refractivity contribution in [3.63, 3.8) is 0 Å². The van der Waals surface area contributed by atoms with Crippen molar-refractivity contribution in [1.29, 1.82) is 0 Å². The second-order valence-electron chi connectivity index (χ2n) is 2.43. The van der Waals surface area contributed by atoms with E-state index in [1.807, 2.05) is 20.8 Å². The number of hydrogen-bond donors (Lipinski definition) is 0. The first kappa shape index (κ1) is 15.7. The van der Waals surface area contributed by atoms with E-state index < -0.39 is 8.80 Å². The highest BCUT2D eigenvalue weighted by Crippen LogP contribution is 2.30. The molecule has 0 fully saturated rings. The van der Waals surface area contributed by atoms with Crippen LogP contribution in [0.1, 0.15) is 20.8 Å². The van der Waals surface area contributed by atoms with Gasteiger partial charge in [-0.2, -0.15) is 0 Å². The van der Waals surface area contributed by atoms with Crippen LogP contribution in [0.2, 0.25) is 0 Å². The van der Waals surface area contributed by atoms with Crippen molar-refractivity contribution in [3.05, 3.63) is 9.15 Å². The van der Waals surface area contributed by atoms with Gasteiger partial charge in [-0.1, -0.05) is 34.8 Å². The Hall–Kier alpha value is 0.707. The van der Waals surface area contributed by atoms with E-state index >= 15 is 0 Å². The van der Waals surface area contributed by atoms with Crippen LogP contribution in [0.25, 0.3) is 0 Å². The minimum atomic E-state index is -3.08. The molecule has 0 saturated carbocycles. The van der Waals surface area contributed by atoms with Gasteiger partial charge >= 0.3 is 8.80 Å². The maximum absolute atomic E-state index is 5.98. The number of halogens is 3. The third-order valence-corrected chi connectivity index (χ3v) is 6.00. The summed E-state index contributed by atoms with van der Waals surface area (Å²) in [5, 5.41) is 0. The molecule has 0 amide bonds. The zero-order valence-corrected chi connectivity index (χ0v) is 12.2. The molecule has 0 aromatic heterocycles. The zero-order valence-electron chi connectivity index (χ0n) is 8.98. The van der Waals surface area contributed by atoms with Gasteiger partial charge in [-0.05, 0) is 20.8 Å². The topological polar surface area (TPSA) is 27.7 Å². The highest BCUT2D eigenvalue weighted by Gasteiger charge is 2.46. The fourth-order valence-corrected chi connectivity index (χ4v) is 4.19. The largest absolute Gasteiger partial charge is 0.551 e. The smallest absolute Gasteiger partial charge is 0.370 e. The van der Waals surface area contributed by atoms with Gasteiger partial charge in [0, 0.05) is 19.8 Å². The predicted octanol–water partition coefficient (Wildman–Crippen LogP) is 3.46. The lowest BCUT2D eigenvalue weighted by Crippen LogP contribution is -2.47. The summed E-state index contributed by atoms with van der Waals surface area (Å²) >= 11 is 17.2. The van der Waals surface area contributed by atoms with Crippen LogP contribution in [0.3, 0.4) is 0 Å². The minimum absolute atomic E-state index is 0.0707. The minimum Gasteiger partial charge on any atom is -0.370 e. The normalized spacial score (nSPS) is 11.6. The van der Waals surface area contributed by atoms with E-state index in [0.717, 1.165) is 0 Å². The van der Waals surface area contributed by atoms with Gasteiger partial charge in [-0.25, -0.2) is 0 Å². The number of hydrogen-bond acceptors (Lipinski definition) is 3. The molecule has 15 heavy (non-hydrogen) atoms. The van der Waals surface area contributed by atoms with Crippen LogP contribution in [0.5, 0.6) is 0 Å². The Kier molecular flexibility index (Phi) is 8.27. The molecule has 3 nitrogen and oxygen atoms in total. The van der Waals surface area contributed by atoms with Crippen molar-refractivity contribution in [2.24, 2.45) is 0 Å². The van der Waals surface area contributed by atoms with Crippen LogP contribution >= 0.6 is 34.8 Å². The van der Waals surface area contributed by atoms with Crippen LogP contribution in [-0.2, 0) is 13.3 Å². The number of rotatable bonds is 7. The average molecular weight is 294 g/mol. The van der Waals surface area contributed by atoms with Gasteiger partial charge in [0.1, 0.15) is 9.15 Å². The van der Waals surface area contributed by atoms with Crippen LogP contribution in [0.4, 0.5) is 0 Å². The third-order valence-electron chi connectivity index (χ3n) is 1.44. The molecule has 7 heteroatoms. The SMILES string of the molecule is CCO[Si](OCC)(OCC)C(Cl)=C(Cl)Cl.